The van der Waals surface area contributed by atoms with Gasteiger partial charge in [0.15, 0.2) is 5.82 Å². The SMILES string of the molecule is COCC(=O)N1CCCCC1c1nc(Nc2cccc(F)c2)cc(-c2cccnc2)n1. The summed E-state index contributed by atoms with van der Waals surface area (Å²) in [5.74, 6) is 0.654. The predicted molar refractivity (Wildman–Crippen MR) is 115 cm³/mol. The molecule has 1 aromatic carbocycles. The normalized spacial score (nSPS) is 16.2. The molecule has 1 unspecified atom stereocenters. The largest absolute Gasteiger partial charge is 0.375 e. The van der Waals surface area contributed by atoms with Gasteiger partial charge in [0.05, 0.1) is 11.7 Å². The number of rotatable bonds is 6. The van der Waals surface area contributed by atoms with Gasteiger partial charge < -0.3 is 15.0 Å². The third kappa shape index (κ3) is 5.03. The number of ether oxygens (including phenoxy) is 1. The molecule has 1 atom stereocenters. The predicted octanol–water partition coefficient (Wildman–Crippen LogP) is 4.12. The lowest BCUT2D eigenvalue weighted by molar-refractivity contribution is -0.139. The zero-order valence-electron chi connectivity index (χ0n) is 17.3. The standard InChI is InChI=1S/C23H24FN5O2/c1-31-15-22(30)29-11-3-2-9-20(29)23-27-19(16-6-5-10-25-14-16)13-21(28-23)26-18-8-4-7-17(24)12-18/h4-8,10,12-14,20H,2-3,9,11,15H2,1H3,(H,26,27,28). The molecule has 0 radical (unpaired) electrons. The molecule has 1 aliphatic rings. The van der Waals surface area contributed by atoms with Crippen molar-refractivity contribution in [2.24, 2.45) is 0 Å². The summed E-state index contributed by atoms with van der Waals surface area (Å²) in [6.07, 6.45) is 6.11. The van der Waals surface area contributed by atoms with E-state index in [9.17, 15) is 9.18 Å². The molecule has 0 spiro atoms. The van der Waals surface area contributed by atoms with Crippen LogP contribution in [0.2, 0.25) is 0 Å². The van der Waals surface area contributed by atoms with E-state index in [1.807, 2.05) is 12.1 Å². The number of amides is 1. The molecular formula is C23H24FN5O2. The van der Waals surface area contributed by atoms with Crippen molar-refractivity contribution in [1.29, 1.82) is 0 Å². The number of nitrogens with zero attached hydrogens (tertiary/aromatic N) is 4. The van der Waals surface area contributed by atoms with Crippen molar-refractivity contribution in [1.82, 2.24) is 19.9 Å². The number of carbonyl (C=O) groups excluding carboxylic acids is 1. The van der Waals surface area contributed by atoms with Gasteiger partial charge in [-0.25, -0.2) is 14.4 Å². The lowest BCUT2D eigenvalue weighted by Crippen LogP contribution is -2.41. The molecule has 1 fully saturated rings. The van der Waals surface area contributed by atoms with Crippen molar-refractivity contribution in [3.63, 3.8) is 0 Å². The monoisotopic (exact) mass is 421 g/mol. The quantitative estimate of drug-likeness (QED) is 0.645. The van der Waals surface area contributed by atoms with Gasteiger partial charge in [0, 0.05) is 43.4 Å². The van der Waals surface area contributed by atoms with Gasteiger partial charge in [0.25, 0.3) is 0 Å². The fourth-order valence-electron chi connectivity index (χ4n) is 3.76. The van der Waals surface area contributed by atoms with Crippen LogP contribution in [0.3, 0.4) is 0 Å². The molecule has 0 aliphatic carbocycles. The fraction of sp³-hybridized carbons (Fsp3) is 0.304. The van der Waals surface area contributed by atoms with Gasteiger partial charge >= 0.3 is 0 Å². The number of anilines is 2. The lowest BCUT2D eigenvalue weighted by Gasteiger charge is -2.35. The zero-order chi connectivity index (χ0) is 21.6. The summed E-state index contributed by atoms with van der Waals surface area (Å²) in [5, 5.41) is 3.16. The lowest BCUT2D eigenvalue weighted by atomic mass is 10.0. The molecule has 3 heterocycles. The van der Waals surface area contributed by atoms with E-state index >= 15 is 0 Å². The molecule has 160 valence electrons. The Labute approximate surface area is 180 Å². The Morgan fingerprint density at radius 3 is 2.90 bits per heavy atom. The maximum absolute atomic E-state index is 13.7. The van der Waals surface area contributed by atoms with Gasteiger partial charge in [0.2, 0.25) is 5.91 Å². The average molecular weight is 421 g/mol. The van der Waals surface area contributed by atoms with Crippen molar-refractivity contribution in [3.05, 3.63) is 66.5 Å². The Bertz CT molecular complexity index is 1050. The minimum atomic E-state index is -0.338. The average Bonchev–Trinajstić information content (AvgIpc) is 2.80. The van der Waals surface area contributed by atoms with E-state index in [2.05, 4.69) is 10.3 Å². The van der Waals surface area contributed by atoms with Crippen molar-refractivity contribution in [3.8, 4) is 11.3 Å². The van der Waals surface area contributed by atoms with Gasteiger partial charge in [-0.05, 0) is 49.6 Å². The molecule has 3 aromatic rings. The number of halogens is 1. The van der Waals surface area contributed by atoms with Crippen LogP contribution in [-0.4, -0.2) is 46.0 Å². The second kappa shape index (κ2) is 9.61. The first-order valence-electron chi connectivity index (χ1n) is 10.2. The van der Waals surface area contributed by atoms with Gasteiger partial charge in [-0.2, -0.15) is 0 Å². The first kappa shape index (κ1) is 20.9. The number of hydrogen-bond donors (Lipinski definition) is 1. The molecule has 7 nitrogen and oxygen atoms in total. The maximum atomic E-state index is 13.7. The maximum Gasteiger partial charge on any atom is 0.249 e. The topological polar surface area (TPSA) is 80.2 Å². The van der Waals surface area contributed by atoms with E-state index in [1.165, 1.54) is 19.2 Å². The van der Waals surface area contributed by atoms with Crippen molar-refractivity contribution in [2.75, 3.05) is 25.6 Å². The van der Waals surface area contributed by atoms with E-state index in [4.69, 9.17) is 14.7 Å². The highest BCUT2D eigenvalue weighted by Gasteiger charge is 2.30. The Hall–Kier alpha value is -3.39. The van der Waals surface area contributed by atoms with Crippen LogP contribution in [0.4, 0.5) is 15.9 Å². The molecule has 8 heteroatoms. The van der Waals surface area contributed by atoms with Crippen molar-refractivity contribution in [2.45, 2.75) is 25.3 Å². The third-order valence-corrected chi connectivity index (χ3v) is 5.19. The van der Waals surface area contributed by atoms with Crippen LogP contribution in [0, 0.1) is 5.82 Å². The number of likely N-dealkylation sites (tertiary alicyclic amines) is 1. The molecule has 1 amide bonds. The van der Waals surface area contributed by atoms with Crippen LogP contribution in [0.25, 0.3) is 11.3 Å². The number of aromatic nitrogens is 3. The smallest absolute Gasteiger partial charge is 0.249 e. The second-order valence-corrected chi connectivity index (χ2v) is 7.41. The minimum Gasteiger partial charge on any atom is -0.375 e. The van der Waals surface area contributed by atoms with Gasteiger partial charge in [-0.15, -0.1) is 0 Å². The summed E-state index contributed by atoms with van der Waals surface area (Å²) in [6.45, 7) is 0.660. The summed E-state index contributed by atoms with van der Waals surface area (Å²) >= 11 is 0. The van der Waals surface area contributed by atoms with Crippen LogP contribution < -0.4 is 5.32 Å². The van der Waals surface area contributed by atoms with E-state index in [-0.39, 0.29) is 24.4 Å². The van der Waals surface area contributed by atoms with Crippen LogP contribution in [0.1, 0.15) is 31.1 Å². The van der Waals surface area contributed by atoms with Crippen LogP contribution in [-0.2, 0) is 9.53 Å². The summed E-state index contributed by atoms with van der Waals surface area (Å²) in [6, 6.07) is 11.5. The van der Waals surface area contributed by atoms with Gasteiger partial charge in [0.1, 0.15) is 18.2 Å². The third-order valence-electron chi connectivity index (χ3n) is 5.19. The highest BCUT2D eigenvalue weighted by Crippen LogP contribution is 2.32. The van der Waals surface area contributed by atoms with Crippen molar-refractivity contribution < 1.29 is 13.9 Å². The number of carbonyl (C=O) groups is 1. The molecule has 4 rings (SSSR count). The highest BCUT2D eigenvalue weighted by atomic mass is 19.1. The molecule has 31 heavy (non-hydrogen) atoms. The molecule has 1 N–H and O–H groups in total. The molecule has 1 aliphatic heterocycles. The second-order valence-electron chi connectivity index (χ2n) is 7.41. The zero-order valence-corrected chi connectivity index (χ0v) is 17.3. The summed E-state index contributed by atoms with van der Waals surface area (Å²) in [5.41, 5.74) is 2.10. The number of piperidine rings is 1. The fourth-order valence-corrected chi connectivity index (χ4v) is 3.76. The molecule has 0 saturated carbocycles. The van der Waals surface area contributed by atoms with Crippen LogP contribution in [0.5, 0.6) is 0 Å². The minimum absolute atomic E-state index is 0.0210. The molecular weight excluding hydrogens is 397 g/mol. The molecule has 1 saturated heterocycles. The van der Waals surface area contributed by atoms with Gasteiger partial charge in [-0.3, -0.25) is 9.78 Å². The Balaban J connectivity index is 1.74. The summed E-state index contributed by atoms with van der Waals surface area (Å²) < 4.78 is 18.7. The first-order valence-corrected chi connectivity index (χ1v) is 10.2. The van der Waals surface area contributed by atoms with E-state index in [0.29, 0.717) is 29.6 Å². The first-order chi connectivity index (χ1) is 15.1. The van der Waals surface area contributed by atoms with Crippen molar-refractivity contribution >= 4 is 17.4 Å². The summed E-state index contributed by atoms with van der Waals surface area (Å²) in [4.78, 5) is 28.1. The number of methoxy groups -OCH3 is 1. The number of hydrogen-bond acceptors (Lipinski definition) is 6. The Kier molecular flexibility index (Phi) is 6.47. The van der Waals surface area contributed by atoms with E-state index < -0.39 is 0 Å². The number of nitrogens with one attached hydrogen (secondary N) is 1. The van der Waals surface area contributed by atoms with E-state index in [0.717, 1.165) is 24.8 Å². The highest BCUT2D eigenvalue weighted by molar-refractivity contribution is 5.78. The Morgan fingerprint density at radius 2 is 2.13 bits per heavy atom. The molecule has 2 aromatic heterocycles. The number of pyridine rings is 1. The van der Waals surface area contributed by atoms with E-state index in [1.54, 1.807) is 35.5 Å². The van der Waals surface area contributed by atoms with Gasteiger partial charge in [-0.1, -0.05) is 6.07 Å². The molecule has 0 bridgehead atoms. The van der Waals surface area contributed by atoms with Crippen LogP contribution >= 0.6 is 0 Å². The Morgan fingerprint density at radius 1 is 1.23 bits per heavy atom. The number of benzene rings is 1. The summed E-state index contributed by atoms with van der Waals surface area (Å²) in [7, 11) is 1.51. The van der Waals surface area contributed by atoms with Crippen LogP contribution in [0.15, 0.2) is 54.9 Å².